The standard InChI is InChI=1S/C24H26BBrO4/c1-17(16-29-2)22-12-13-25(28)30-24(22)11-8-19(18-6-4-3-5-7-18)14-20-15-21(26)9-10-23(20)27/h3-7,9-10,12,14-15,24,27-28H,1,8,11,13,16H2,2H3/b19-14-. The molecule has 0 aliphatic carbocycles. The highest BCUT2D eigenvalue weighted by Crippen LogP contribution is 2.32. The topological polar surface area (TPSA) is 58.9 Å². The van der Waals surface area contributed by atoms with Crippen molar-refractivity contribution in [1.82, 2.24) is 0 Å². The van der Waals surface area contributed by atoms with Gasteiger partial charge in [0.2, 0.25) is 0 Å². The van der Waals surface area contributed by atoms with Crippen molar-refractivity contribution in [2.45, 2.75) is 25.3 Å². The Labute approximate surface area is 186 Å². The van der Waals surface area contributed by atoms with E-state index >= 15 is 0 Å². The quantitative estimate of drug-likeness (QED) is 0.397. The van der Waals surface area contributed by atoms with E-state index in [4.69, 9.17) is 9.39 Å². The van der Waals surface area contributed by atoms with Crippen molar-refractivity contribution < 1.29 is 19.5 Å². The van der Waals surface area contributed by atoms with Gasteiger partial charge in [-0.3, -0.25) is 0 Å². The number of hydrogen-bond donors (Lipinski definition) is 2. The molecule has 0 saturated heterocycles. The van der Waals surface area contributed by atoms with Crippen LogP contribution in [0.15, 0.2) is 76.8 Å². The first kappa shape index (κ1) is 22.6. The van der Waals surface area contributed by atoms with Gasteiger partial charge in [0.15, 0.2) is 0 Å². The zero-order valence-corrected chi connectivity index (χ0v) is 18.6. The molecule has 3 rings (SSSR count). The number of methoxy groups -OCH3 is 1. The van der Waals surface area contributed by atoms with Crippen LogP contribution in [0, 0.1) is 0 Å². The lowest BCUT2D eigenvalue weighted by molar-refractivity contribution is 0.177. The van der Waals surface area contributed by atoms with Gasteiger partial charge in [-0.1, -0.05) is 58.9 Å². The summed E-state index contributed by atoms with van der Waals surface area (Å²) >= 11 is 3.47. The molecule has 2 aromatic carbocycles. The van der Waals surface area contributed by atoms with Crippen LogP contribution in [0.2, 0.25) is 6.32 Å². The van der Waals surface area contributed by atoms with Gasteiger partial charge in [0.1, 0.15) is 5.75 Å². The highest BCUT2D eigenvalue weighted by Gasteiger charge is 2.28. The van der Waals surface area contributed by atoms with Crippen LogP contribution >= 0.6 is 15.9 Å². The van der Waals surface area contributed by atoms with Crippen molar-refractivity contribution in [3.63, 3.8) is 0 Å². The Kier molecular flexibility index (Phi) is 8.11. The minimum absolute atomic E-state index is 0.227. The Morgan fingerprint density at radius 2 is 2.07 bits per heavy atom. The Morgan fingerprint density at radius 3 is 2.80 bits per heavy atom. The second-order valence-electron chi connectivity index (χ2n) is 7.29. The molecule has 0 radical (unpaired) electrons. The molecule has 4 nitrogen and oxygen atoms in total. The van der Waals surface area contributed by atoms with Crippen molar-refractivity contribution in [2.75, 3.05) is 13.7 Å². The predicted octanol–water partition coefficient (Wildman–Crippen LogP) is 5.48. The Morgan fingerprint density at radius 1 is 1.30 bits per heavy atom. The fourth-order valence-corrected chi connectivity index (χ4v) is 3.98. The van der Waals surface area contributed by atoms with Gasteiger partial charge in [0.05, 0.1) is 12.7 Å². The van der Waals surface area contributed by atoms with Crippen molar-refractivity contribution in [1.29, 1.82) is 0 Å². The average Bonchev–Trinajstić information content (AvgIpc) is 2.74. The third kappa shape index (κ3) is 5.95. The molecule has 156 valence electrons. The molecule has 0 aromatic heterocycles. The number of allylic oxidation sites excluding steroid dienone is 2. The van der Waals surface area contributed by atoms with Crippen LogP contribution in [0.1, 0.15) is 24.0 Å². The zero-order valence-electron chi connectivity index (χ0n) is 17.1. The molecule has 1 atom stereocenters. The summed E-state index contributed by atoms with van der Waals surface area (Å²) in [5.41, 5.74) is 4.75. The molecule has 1 aliphatic rings. The molecule has 2 N–H and O–H groups in total. The third-order valence-electron chi connectivity index (χ3n) is 5.07. The lowest BCUT2D eigenvalue weighted by Gasteiger charge is -2.28. The lowest BCUT2D eigenvalue weighted by Crippen LogP contribution is -2.32. The minimum atomic E-state index is -0.813. The summed E-state index contributed by atoms with van der Waals surface area (Å²) in [5, 5.41) is 20.3. The Bertz CT molecular complexity index is 939. The van der Waals surface area contributed by atoms with Gasteiger partial charge in [-0.05, 0) is 59.4 Å². The molecule has 2 aromatic rings. The van der Waals surface area contributed by atoms with Gasteiger partial charge in [0.25, 0.3) is 0 Å². The van der Waals surface area contributed by atoms with Crippen LogP contribution in [0.4, 0.5) is 0 Å². The van der Waals surface area contributed by atoms with Gasteiger partial charge >= 0.3 is 7.12 Å². The second-order valence-corrected chi connectivity index (χ2v) is 8.20. The molecule has 0 amide bonds. The molecular weight excluding hydrogens is 443 g/mol. The summed E-state index contributed by atoms with van der Waals surface area (Å²) in [6, 6.07) is 15.5. The van der Waals surface area contributed by atoms with E-state index in [1.807, 2.05) is 42.5 Å². The molecule has 1 aliphatic heterocycles. The number of halogens is 1. The van der Waals surface area contributed by atoms with Crippen LogP contribution < -0.4 is 0 Å². The Hall–Kier alpha value is -2.12. The van der Waals surface area contributed by atoms with E-state index in [1.165, 1.54) is 0 Å². The number of benzene rings is 2. The van der Waals surface area contributed by atoms with Crippen LogP contribution in [0.3, 0.4) is 0 Å². The van der Waals surface area contributed by atoms with Gasteiger partial charge in [-0.25, -0.2) is 0 Å². The van der Waals surface area contributed by atoms with Crippen LogP contribution in [0.25, 0.3) is 11.6 Å². The molecule has 0 fully saturated rings. The van der Waals surface area contributed by atoms with Crippen LogP contribution in [-0.2, 0) is 9.39 Å². The summed E-state index contributed by atoms with van der Waals surface area (Å²) in [5.74, 6) is 0.227. The third-order valence-corrected chi connectivity index (χ3v) is 5.57. The van der Waals surface area contributed by atoms with Gasteiger partial charge in [-0.2, -0.15) is 0 Å². The van der Waals surface area contributed by atoms with Gasteiger partial charge in [0, 0.05) is 23.5 Å². The first-order valence-corrected chi connectivity index (χ1v) is 10.7. The number of aromatic hydroxyl groups is 1. The number of ether oxygens (including phenoxy) is 1. The number of phenols is 1. The van der Waals surface area contributed by atoms with Crippen molar-refractivity contribution in [3.05, 3.63) is 87.9 Å². The smallest absolute Gasteiger partial charge is 0.458 e. The Balaban J connectivity index is 1.87. The van der Waals surface area contributed by atoms with Crippen LogP contribution in [0.5, 0.6) is 5.75 Å². The average molecular weight is 469 g/mol. The fraction of sp³-hybridized carbons (Fsp3) is 0.250. The lowest BCUT2D eigenvalue weighted by atomic mass is 9.78. The van der Waals surface area contributed by atoms with Gasteiger partial charge in [-0.15, -0.1) is 0 Å². The fourth-order valence-electron chi connectivity index (χ4n) is 3.60. The second kappa shape index (κ2) is 10.8. The predicted molar refractivity (Wildman–Crippen MR) is 126 cm³/mol. The molecule has 0 spiro atoms. The molecule has 6 heteroatoms. The maximum absolute atomic E-state index is 10.3. The van der Waals surface area contributed by atoms with Crippen molar-refractivity contribution in [2.24, 2.45) is 0 Å². The largest absolute Gasteiger partial charge is 0.507 e. The van der Waals surface area contributed by atoms with E-state index in [9.17, 15) is 10.1 Å². The van der Waals surface area contributed by atoms with E-state index in [0.29, 0.717) is 25.8 Å². The van der Waals surface area contributed by atoms with Crippen molar-refractivity contribution >= 4 is 34.7 Å². The summed E-state index contributed by atoms with van der Waals surface area (Å²) in [4.78, 5) is 0. The summed E-state index contributed by atoms with van der Waals surface area (Å²) in [7, 11) is 0.826. The minimum Gasteiger partial charge on any atom is -0.507 e. The zero-order chi connectivity index (χ0) is 21.5. The summed E-state index contributed by atoms with van der Waals surface area (Å²) in [6.07, 6.45) is 5.54. The van der Waals surface area contributed by atoms with E-state index in [0.717, 1.165) is 32.3 Å². The van der Waals surface area contributed by atoms with Crippen LogP contribution in [-0.4, -0.2) is 37.1 Å². The normalized spacial score (nSPS) is 17.0. The number of hydrogen-bond acceptors (Lipinski definition) is 4. The van der Waals surface area contributed by atoms with E-state index in [2.05, 4.69) is 34.6 Å². The van der Waals surface area contributed by atoms with E-state index in [1.54, 1.807) is 13.2 Å². The maximum atomic E-state index is 10.3. The molecular formula is C24H26BBrO4. The molecule has 0 saturated carbocycles. The first-order chi connectivity index (χ1) is 14.5. The van der Waals surface area contributed by atoms with Crippen molar-refractivity contribution in [3.8, 4) is 5.75 Å². The monoisotopic (exact) mass is 468 g/mol. The molecule has 1 heterocycles. The highest BCUT2D eigenvalue weighted by molar-refractivity contribution is 9.10. The molecule has 30 heavy (non-hydrogen) atoms. The number of rotatable bonds is 8. The van der Waals surface area contributed by atoms with E-state index < -0.39 is 7.12 Å². The molecule has 1 unspecified atom stereocenters. The number of phenolic OH excluding ortho intramolecular Hbond substituents is 1. The maximum Gasteiger partial charge on any atom is 0.458 e. The first-order valence-electron chi connectivity index (χ1n) is 9.93. The summed E-state index contributed by atoms with van der Waals surface area (Å²) < 4.78 is 12.0. The van der Waals surface area contributed by atoms with Gasteiger partial charge < -0.3 is 19.5 Å². The van der Waals surface area contributed by atoms with E-state index in [-0.39, 0.29) is 11.9 Å². The highest BCUT2D eigenvalue weighted by atomic mass is 79.9. The molecule has 0 bridgehead atoms. The SMILES string of the molecule is C=C(COC)C1=CCB(O)OC1CC/C(=C/c1cc(Br)ccc1O)c1ccccc1. The summed E-state index contributed by atoms with van der Waals surface area (Å²) in [6.45, 7) is 4.54.